The Morgan fingerprint density at radius 1 is 0.405 bits per heavy atom. The van der Waals surface area contributed by atoms with E-state index < -0.39 is 0 Å². The summed E-state index contributed by atoms with van der Waals surface area (Å²) >= 11 is 0. The highest BCUT2D eigenvalue weighted by molar-refractivity contribution is 6.16. The van der Waals surface area contributed by atoms with Gasteiger partial charge in [0.15, 0.2) is 0 Å². The van der Waals surface area contributed by atoms with E-state index in [1.807, 2.05) is 0 Å². The maximum Gasteiger partial charge on any atom is 0.143 e. The molecule has 0 atom stereocenters. The number of furan rings is 1. The number of hydrogen-bond acceptors (Lipinski definition) is 2. The summed E-state index contributed by atoms with van der Waals surface area (Å²) in [5, 5.41) is 4.55. The van der Waals surface area contributed by atoms with Gasteiger partial charge in [0.05, 0.1) is 5.69 Å². The van der Waals surface area contributed by atoms with Gasteiger partial charge >= 0.3 is 0 Å². The Hall–Kier alpha value is -5.60. The van der Waals surface area contributed by atoms with Crippen LogP contribution in [0.3, 0.4) is 0 Å². The molecule has 0 aliphatic heterocycles. The zero-order chi connectivity index (χ0) is 27.9. The fraction of sp³-hybridized carbons (Fsp3) is 0. The van der Waals surface area contributed by atoms with Gasteiger partial charge in [-0.15, -0.1) is 0 Å². The van der Waals surface area contributed by atoms with Crippen molar-refractivity contribution in [2.75, 3.05) is 4.90 Å². The molecular formula is C40H27NO. The van der Waals surface area contributed by atoms with Gasteiger partial charge < -0.3 is 9.32 Å². The molecular weight excluding hydrogens is 510 g/mol. The molecule has 0 saturated heterocycles. The molecule has 0 saturated carbocycles. The quantitative estimate of drug-likeness (QED) is 0.217. The van der Waals surface area contributed by atoms with Crippen LogP contribution in [0.1, 0.15) is 0 Å². The van der Waals surface area contributed by atoms with Gasteiger partial charge in [-0.05, 0) is 58.5 Å². The highest BCUT2D eigenvalue weighted by Gasteiger charge is 2.21. The van der Waals surface area contributed by atoms with E-state index in [1.165, 1.54) is 16.5 Å². The summed E-state index contributed by atoms with van der Waals surface area (Å²) < 4.78 is 6.67. The van der Waals surface area contributed by atoms with E-state index in [1.54, 1.807) is 0 Å². The molecule has 1 heterocycles. The minimum atomic E-state index is 0.873. The van der Waals surface area contributed by atoms with Crippen molar-refractivity contribution in [3.63, 3.8) is 0 Å². The van der Waals surface area contributed by atoms with Gasteiger partial charge in [0.25, 0.3) is 0 Å². The van der Waals surface area contributed by atoms with E-state index in [0.29, 0.717) is 0 Å². The Morgan fingerprint density at radius 3 is 1.74 bits per heavy atom. The summed E-state index contributed by atoms with van der Waals surface area (Å²) in [6, 6.07) is 57.9. The van der Waals surface area contributed by atoms with Crippen LogP contribution in [0.5, 0.6) is 0 Å². The van der Waals surface area contributed by atoms with Crippen molar-refractivity contribution in [1.82, 2.24) is 0 Å². The van der Waals surface area contributed by atoms with Crippen molar-refractivity contribution in [3.8, 4) is 22.3 Å². The summed E-state index contributed by atoms with van der Waals surface area (Å²) in [6.45, 7) is 0. The molecule has 2 heteroatoms. The number of anilines is 3. The fourth-order valence-electron chi connectivity index (χ4n) is 6.01. The molecule has 0 N–H and O–H groups in total. The lowest BCUT2D eigenvalue weighted by atomic mass is 9.98. The van der Waals surface area contributed by atoms with Crippen LogP contribution in [0.4, 0.5) is 17.1 Å². The highest BCUT2D eigenvalue weighted by atomic mass is 16.3. The lowest BCUT2D eigenvalue weighted by Crippen LogP contribution is -2.11. The van der Waals surface area contributed by atoms with Gasteiger partial charge in [-0.1, -0.05) is 121 Å². The maximum atomic E-state index is 6.67. The predicted octanol–water partition coefficient (Wildman–Crippen LogP) is 11.5. The van der Waals surface area contributed by atoms with Crippen molar-refractivity contribution in [3.05, 3.63) is 164 Å². The molecule has 0 radical (unpaired) electrons. The van der Waals surface area contributed by atoms with E-state index in [2.05, 4.69) is 169 Å². The predicted molar refractivity (Wildman–Crippen MR) is 177 cm³/mol. The molecule has 198 valence electrons. The number of hydrogen-bond donors (Lipinski definition) is 0. The third kappa shape index (κ3) is 4.13. The van der Waals surface area contributed by atoms with Gasteiger partial charge in [0.2, 0.25) is 0 Å². The topological polar surface area (TPSA) is 16.4 Å². The average molecular weight is 538 g/mol. The first-order chi connectivity index (χ1) is 20.8. The molecule has 0 bridgehead atoms. The Morgan fingerprint density at radius 2 is 1.00 bits per heavy atom. The average Bonchev–Trinajstić information content (AvgIpc) is 3.44. The van der Waals surface area contributed by atoms with Crippen molar-refractivity contribution in [2.24, 2.45) is 0 Å². The third-order valence-corrected chi connectivity index (χ3v) is 8.05. The first-order valence-corrected chi connectivity index (χ1v) is 14.3. The molecule has 42 heavy (non-hydrogen) atoms. The minimum absolute atomic E-state index is 0.873. The van der Waals surface area contributed by atoms with Crippen LogP contribution in [0, 0.1) is 0 Å². The molecule has 7 aromatic carbocycles. The van der Waals surface area contributed by atoms with Gasteiger partial charge in [-0.3, -0.25) is 0 Å². The van der Waals surface area contributed by atoms with E-state index in [0.717, 1.165) is 55.5 Å². The summed E-state index contributed by atoms with van der Waals surface area (Å²) in [6.07, 6.45) is 0. The van der Waals surface area contributed by atoms with E-state index in [4.69, 9.17) is 4.42 Å². The summed E-state index contributed by atoms with van der Waals surface area (Å²) in [5.41, 5.74) is 9.74. The second kappa shape index (κ2) is 10.1. The van der Waals surface area contributed by atoms with Crippen LogP contribution >= 0.6 is 0 Å². The molecule has 0 amide bonds. The second-order valence-corrected chi connectivity index (χ2v) is 10.6. The van der Waals surface area contributed by atoms with Crippen LogP contribution in [0.25, 0.3) is 55.0 Å². The van der Waals surface area contributed by atoms with Crippen LogP contribution < -0.4 is 4.90 Å². The smallest absolute Gasteiger partial charge is 0.143 e. The van der Waals surface area contributed by atoms with Crippen LogP contribution in [-0.4, -0.2) is 0 Å². The first-order valence-electron chi connectivity index (χ1n) is 14.3. The van der Waals surface area contributed by atoms with Crippen molar-refractivity contribution >= 4 is 49.8 Å². The molecule has 0 fully saturated rings. The Labute approximate surface area is 244 Å². The van der Waals surface area contributed by atoms with Crippen molar-refractivity contribution in [1.29, 1.82) is 0 Å². The van der Waals surface area contributed by atoms with E-state index in [9.17, 15) is 0 Å². The molecule has 0 aliphatic carbocycles. The Bertz CT molecular complexity index is 2160. The Balaban J connectivity index is 1.39. The molecule has 2 nitrogen and oxygen atoms in total. The zero-order valence-corrected chi connectivity index (χ0v) is 22.9. The molecule has 1 aromatic heterocycles. The molecule has 0 spiro atoms. The molecule has 8 rings (SSSR count). The third-order valence-electron chi connectivity index (χ3n) is 8.05. The standard InChI is InChI=1S/C40H27NO/c1-4-12-28(13-5-1)29-20-23-33(24-21-29)41(32-17-8-3-9-18-32)38-27-39-37(26-36(38)30-14-6-2-7-15-30)35-25-22-31-16-10-11-19-34(31)40(35)42-39/h1-27H. The number of benzene rings is 7. The molecule has 8 aromatic rings. The minimum Gasteiger partial charge on any atom is -0.455 e. The number of fused-ring (bicyclic) bond motifs is 5. The van der Waals surface area contributed by atoms with Gasteiger partial charge in [-0.25, -0.2) is 0 Å². The van der Waals surface area contributed by atoms with Crippen molar-refractivity contribution in [2.45, 2.75) is 0 Å². The van der Waals surface area contributed by atoms with E-state index in [-0.39, 0.29) is 0 Å². The van der Waals surface area contributed by atoms with Gasteiger partial charge in [0.1, 0.15) is 11.2 Å². The number of rotatable bonds is 5. The highest BCUT2D eigenvalue weighted by Crippen LogP contribution is 2.45. The van der Waals surface area contributed by atoms with Gasteiger partial charge in [0, 0.05) is 39.2 Å². The lowest BCUT2D eigenvalue weighted by Gasteiger charge is -2.28. The van der Waals surface area contributed by atoms with Crippen LogP contribution in [-0.2, 0) is 0 Å². The summed E-state index contributed by atoms with van der Waals surface area (Å²) in [4.78, 5) is 2.34. The lowest BCUT2D eigenvalue weighted by molar-refractivity contribution is 0.673. The molecule has 0 unspecified atom stereocenters. The SMILES string of the molecule is c1ccc(-c2ccc(N(c3ccccc3)c3cc4oc5c6ccccc6ccc5c4cc3-c3ccccc3)cc2)cc1. The number of para-hydroxylation sites is 1. The van der Waals surface area contributed by atoms with Gasteiger partial charge in [-0.2, -0.15) is 0 Å². The fourth-order valence-corrected chi connectivity index (χ4v) is 6.01. The van der Waals surface area contributed by atoms with Crippen LogP contribution in [0.2, 0.25) is 0 Å². The monoisotopic (exact) mass is 537 g/mol. The summed E-state index contributed by atoms with van der Waals surface area (Å²) in [5.74, 6) is 0. The Kier molecular flexibility index (Phi) is 5.82. The second-order valence-electron chi connectivity index (χ2n) is 10.6. The largest absolute Gasteiger partial charge is 0.455 e. The van der Waals surface area contributed by atoms with Crippen molar-refractivity contribution < 1.29 is 4.42 Å². The molecule has 0 aliphatic rings. The first kappa shape index (κ1) is 24.2. The normalized spacial score (nSPS) is 11.3. The zero-order valence-electron chi connectivity index (χ0n) is 22.9. The maximum absolute atomic E-state index is 6.67. The van der Waals surface area contributed by atoms with Crippen LogP contribution in [0.15, 0.2) is 168 Å². The number of nitrogens with zero attached hydrogens (tertiary/aromatic N) is 1. The van der Waals surface area contributed by atoms with E-state index >= 15 is 0 Å². The summed E-state index contributed by atoms with van der Waals surface area (Å²) in [7, 11) is 0.